The lowest BCUT2D eigenvalue weighted by molar-refractivity contribution is -0.188. The molecule has 5 atom stereocenters. The van der Waals surface area contributed by atoms with Crippen molar-refractivity contribution in [2.45, 2.75) is 110 Å². The first-order chi connectivity index (χ1) is 13.3. The quantitative estimate of drug-likeness (QED) is 0.374. The number of hydrogen-bond acceptors (Lipinski definition) is 5. The van der Waals surface area contributed by atoms with E-state index >= 15 is 0 Å². The fourth-order valence-electron chi connectivity index (χ4n) is 3.42. The minimum absolute atomic E-state index is 0.165. The van der Waals surface area contributed by atoms with Crippen molar-refractivity contribution in [1.82, 2.24) is 10.6 Å². The van der Waals surface area contributed by atoms with Crippen molar-refractivity contribution >= 4 is 11.8 Å². The largest absolute Gasteiger partial charge is 0.388 e. The molecule has 2 amide bonds. The fraction of sp³-hybridized carbons (Fsp3) is 0.905. The number of nitrogens with one attached hydrogen (secondary N) is 2. The lowest BCUT2D eigenvalue weighted by atomic mass is 9.92. The maximum absolute atomic E-state index is 12.2. The number of ether oxygens (including phenoxy) is 1. The molecule has 1 rings (SSSR count). The zero-order valence-electron chi connectivity index (χ0n) is 17.9. The van der Waals surface area contributed by atoms with Gasteiger partial charge in [0.15, 0.2) is 6.10 Å². The van der Waals surface area contributed by atoms with Gasteiger partial charge in [-0.3, -0.25) is 9.59 Å². The summed E-state index contributed by atoms with van der Waals surface area (Å²) in [4.78, 5) is 24.4. The Morgan fingerprint density at radius 2 is 1.71 bits per heavy atom. The van der Waals surface area contributed by atoms with E-state index in [1.807, 2.05) is 6.92 Å². The van der Waals surface area contributed by atoms with Crippen LogP contribution in [0.15, 0.2) is 0 Å². The summed E-state index contributed by atoms with van der Waals surface area (Å²) in [6.07, 6.45) is 3.14. The van der Waals surface area contributed by atoms with Gasteiger partial charge in [0.05, 0.1) is 12.1 Å². The molecule has 28 heavy (non-hydrogen) atoms. The lowest BCUT2D eigenvalue weighted by Crippen LogP contribution is -2.65. The Labute approximate surface area is 169 Å². The smallest absolute Gasteiger partial charge is 0.251 e. The number of aliphatic hydroxyl groups is 2. The van der Waals surface area contributed by atoms with Gasteiger partial charge in [0.2, 0.25) is 5.91 Å². The van der Waals surface area contributed by atoms with Crippen molar-refractivity contribution in [3.8, 4) is 0 Å². The third-order valence-corrected chi connectivity index (χ3v) is 5.25. The van der Waals surface area contributed by atoms with Gasteiger partial charge < -0.3 is 25.6 Å². The van der Waals surface area contributed by atoms with Crippen LogP contribution < -0.4 is 10.6 Å². The summed E-state index contributed by atoms with van der Waals surface area (Å²) in [7, 11) is 0. The number of rotatable bonds is 12. The molecule has 1 heterocycles. The maximum Gasteiger partial charge on any atom is 0.251 e. The highest BCUT2D eigenvalue weighted by molar-refractivity contribution is 5.82. The number of amides is 2. The van der Waals surface area contributed by atoms with Crippen LogP contribution in [0.4, 0.5) is 0 Å². The highest BCUT2D eigenvalue weighted by Gasteiger charge is 2.46. The number of carbonyl (C=O) groups excluding carboxylic acids is 2. The van der Waals surface area contributed by atoms with E-state index in [0.717, 1.165) is 32.1 Å². The molecule has 0 saturated carbocycles. The van der Waals surface area contributed by atoms with Gasteiger partial charge in [-0.25, -0.2) is 0 Å². The first-order valence-electron chi connectivity index (χ1n) is 10.9. The molecular weight excluding hydrogens is 360 g/mol. The topological polar surface area (TPSA) is 108 Å². The minimum atomic E-state index is -1.38. The Morgan fingerprint density at radius 3 is 2.36 bits per heavy atom. The molecule has 1 aliphatic rings. The first kappa shape index (κ1) is 24.9. The molecule has 164 valence electrons. The Bertz CT molecular complexity index is 472. The van der Waals surface area contributed by atoms with Crippen LogP contribution in [-0.2, 0) is 14.3 Å². The average molecular weight is 401 g/mol. The molecule has 0 aromatic carbocycles. The number of unbranched alkanes of at least 4 members (excludes halogenated alkanes) is 4. The monoisotopic (exact) mass is 400 g/mol. The van der Waals surface area contributed by atoms with Crippen molar-refractivity contribution in [1.29, 1.82) is 0 Å². The Hall–Kier alpha value is -1.18. The molecule has 1 fully saturated rings. The summed E-state index contributed by atoms with van der Waals surface area (Å²) < 4.78 is 5.62. The van der Waals surface area contributed by atoms with E-state index in [2.05, 4.69) is 24.5 Å². The molecule has 0 radical (unpaired) electrons. The van der Waals surface area contributed by atoms with Gasteiger partial charge in [-0.2, -0.15) is 0 Å². The molecule has 3 unspecified atom stereocenters. The van der Waals surface area contributed by atoms with Crippen LogP contribution in [0.1, 0.15) is 79.1 Å². The molecule has 1 aliphatic heterocycles. The molecule has 1 saturated heterocycles. The third kappa shape index (κ3) is 8.45. The number of hydrogen-bond donors (Lipinski definition) is 4. The summed E-state index contributed by atoms with van der Waals surface area (Å²) in [6, 6.07) is -0.733. The molecule has 0 spiro atoms. The van der Waals surface area contributed by atoms with Crippen LogP contribution in [-0.4, -0.2) is 59.0 Å². The molecule has 7 nitrogen and oxygen atoms in total. The van der Waals surface area contributed by atoms with E-state index in [1.165, 1.54) is 12.8 Å². The average Bonchev–Trinajstić information content (AvgIpc) is 2.64. The molecule has 7 heteroatoms. The summed E-state index contributed by atoms with van der Waals surface area (Å²) in [5, 5.41) is 26.2. The van der Waals surface area contributed by atoms with Crippen molar-refractivity contribution in [2.24, 2.45) is 5.92 Å². The second-order valence-electron chi connectivity index (χ2n) is 8.33. The molecule has 0 bridgehead atoms. The molecule has 0 aliphatic carbocycles. The normalized spacial score (nSPS) is 27.6. The highest BCUT2D eigenvalue weighted by atomic mass is 16.5. The van der Waals surface area contributed by atoms with E-state index in [9.17, 15) is 19.8 Å². The van der Waals surface area contributed by atoms with Crippen LogP contribution in [0.5, 0.6) is 0 Å². The highest BCUT2D eigenvalue weighted by Crippen LogP contribution is 2.22. The van der Waals surface area contributed by atoms with E-state index < -0.39 is 36.4 Å². The lowest BCUT2D eigenvalue weighted by Gasteiger charge is -2.41. The van der Waals surface area contributed by atoms with E-state index in [1.54, 1.807) is 6.92 Å². The van der Waals surface area contributed by atoms with Crippen LogP contribution >= 0.6 is 0 Å². The molecule has 0 aromatic rings. The van der Waals surface area contributed by atoms with Crippen molar-refractivity contribution in [3.63, 3.8) is 0 Å². The van der Waals surface area contributed by atoms with Gasteiger partial charge in [0, 0.05) is 13.0 Å². The van der Waals surface area contributed by atoms with E-state index in [4.69, 9.17) is 4.74 Å². The van der Waals surface area contributed by atoms with E-state index in [-0.39, 0.29) is 5.91 Å². The van der Waals surface area contributed by atoms with Gasteiger partial charge in [-0.15, -0.1) is 0 Å². The first-order valence-corrected chi connectivity index (χ1v) is 10.9. The predicted molar refractivity (Wildman–Crippen MR) is 109 cm³/mol. The van der Waals surface area contributed by atoms with Gasteiger partial charge in [0.1, 0.15) is 12.2 Å². The van der Waals surface area contributed by atoms with Crippen molar-refractivity contribution in [3.05, 3.63) is 0 Å². The zero-order chi connectivity index (χ0) is 21.1. The van der Waals surface area contributed by atoms with Crippen LogP contribution in [0.25, 0.3) is 0 Å². The Kier molecular flexibility index (Phi) is 11.6. The molecule has 4 N–H and O–H groups in total. The van der Waals surface area contributed by atoms with E-state index in [0.29, 0.717) is 18.9 Å². The molecular formula is C21H40N2O5. The second kappa shape index (κ2) is 13.1. The third-order valence-electron chi connectivity index (χ3n) is 5.25. The standard InChI is InChI=1S/C21H40N2O5/c1-5-6-13-22-21(27)20-19(26)18(25)17(15(4)28-20)23-16(24)12-10-8-7-9-11-14(2)3/h14-15,17-20,25-26H,5-13H2,1-4H3,(H,22,27)(H,23,24)/t15-,17?,18?,19-,20?/m0/s1. The SMILES string of the molecule is CCCCNC(=O)C1O[C@@H](C)C(NC(=O)CCCCCCC(C)C)C(O)[C@@H]1O. The van der Waals surface area contributed by atoms with Crippen LogP contribution in [0.2, 0.25) is 0 Å². The summed E-state index contributed by atoms with van der Waals surface area (Å²) in [6.45, 7) is 8.63. The van der Waals surface area contributed by atoms with Crippen molar-refractivity contribution < 1.29 is 24.5 Å². The van der Waals surface area contributed by atoms with Gasteiger partial charge in [-0.05, 0) is 25.7 Å². The molecule has 0 aromatic heterocycles. The van der Waals surface area contributed by atoms with Crippen molar-refractivity contribution in [2.75, 3.05) is 6.54 Å². The Morgan fingerprint density at radius 1 is 1.04 bits per heavy atom. The number of carbonyl (C=O) groups is 2. The summed E-state index contributed by atoms with van der Waals surface area (Å²) >= 11 is 0. The van der Waals surface area contributed by atoms with Gasteiger partial charge in [0.25, 0.3) is 5.91 Å². The van der Waals surface area contributed by atoms with Gasteiger partial charge >= 0.3 is 0 Å². The predicted octanol–water partition coefficient (Wildman–Crippen LogP) is 1.89. The Balaban J connectivity index is 2.40. The van der Waals surface area contributed by atoms with Gasteiger partial charge in [-0.1, -0.05) is 52.9 Å². The minimum Gasteiger partial charge on any atom is -0.388 e. The van der Waals surface area contributed by atoms with Crippen LogP contribution in [0, 0.1) is 5.92 Å². The summed E-state index contributed by atoms with van der Waals surface area (Å²) in [5.41, 5.74) is 0. The fourth-order valence-corrected chi connectivity index (χ4v) is 3.42. The van der Waals surface area contributed by atoms with Crippen LogP contribution in [0.3, 0.4) is 0 Å². The zero-order valence-corrected chi connectivity index (χ0v) is 17.9. The maximum atomic E-state index is 12.2. The second-order valence-corrected chi connectivity index (χ2v) is 8.33. The number of aliphatic hydroxyl groups excluding tert-OH is 2. The summed E-state index contributed by atoms with van der Waals surface area (Å²) in [5.74, 6) is 0.112.